The molecular formula is C52H60N4O7. The van der Waals surface area contributed by atoms with Crippen LogP contribution in [0.5, 0.6) is 5.75 Å². The van der Waals surface area contributed by atoms with Crippen molar-refractivity contribution in [1.82, 2.24) is 19.7 Å². The summed E-state index contributed by atoms with van der Waals surface area (Å²) in [4.78, 5) is 62.3. The monoisotopic (exact) mass is 852 g/mol. The highest BCUT2D eigenvalue weighted by molar-refractivity contribution is 5.87. The number of aliphatic hydroxyl groups is 1. The van der Waals surface area contributed by atoms with Crippen molar-refractivity contribution in [3.8, 4) is 5.75 Å². The average Bonchev–Trinajstić information content (AvgIpc) is 3.30. The molecule has 11 nitrogen and oxygen atoms in total. The quantitative estimate of drug-likeness (QED) is 0.0702. The Morgan fingerprint density at radius 3 is 2.25 bits per heavy atom. The number of phenols is 1. The first kappa shape index (κ1) is 43.9. The second-order valence-corrected chi connectivity index (χ2v) is 18.0. The molecule has 0 spiro atoms. The zero-order valence-corrected chi connectivity index (χ0v) is 36.3. The normalized spacial score (nSPS) is 19.7. The Balaban J connectivity index is 0.843. The molecule has 11 heteroatoms. The van der Waals surface area contributed by atoms with Gasteiger partial charge in [0.2, 0.25) is 17.4 Å². The predicted molar refractivity (Wildman–Crippen MR) is 243 cm³/mol. The SMILES string of the molecule is Cc1cccc(CN(CCCCC[C@H](O)c2ccc(O)c3[nH]c(=O)ccc23)C(=O)Cc2ccc(CC(=O)N3CCC(C(=O)O[C@H]4CN5CCC4CC5)(c4ccccc4)CC3)cc2)c1. The Labute approximate surface area is 369 Å². The molecule has 4 aromatic carbocycles. The summed E-state index contributed by atoms with van der Waals surface area (Å²) < 4.78 is 6.34. The molecule has 2 amide bonds. The highest BCUT2D eigenvalue weighted by Crippen LogP contribution is 2.39. The number of piperidine rings is 4. The van der Waals surface area contributed by atoms with E-state index in [-0.39, 0.29) is 48.0 Å². The van der Waals surface area contributed by atoms with Crippen LogP contribution >= 0.6 is 0 Å². The van der Waals surface area contributed by atoms with Crippen LogP contribution in [-0.4, -0.2) is 93.1 Å². The van der Waals surface area contributed by atoms with E-state index in [9.17, 15) is 29.4 Å². The Hall–Kier alpha value is -5.78. The summed E-state index contributed by atoms with van der Waals surface area (Å²) in [5.74, 6) is 0.279. The molecule has 9 rings (SSSR count). The number of hydrogen-bond acceptors (Lipinski definition) is 8. The third kappa shape index (κ3) is 10.4. The smallest absolute Gasteiger partial charge is 0.317 e. The van der Waals surface area contributed by atoms with E-state index in [1.807, 2.05) is 89.5 Å². The summed E-state index contributed by atoms with van der Waals surface area (Å²) in [7, 11) is 0. The van der Waals surface area contributed by atoms with Gasteiger partial charge in [-0.2, -0.15) is 0 Å². The number of amides is 2. The third-order valence-electron chi connectivity index (χ3n) is 13.8. The average molecular weight is 853 g/mol. The number of phenolic OH excluding ortho intramolecular Hbond substituents is 1. The van der Waals surface area contributed by atoms with Gasteiger partial charge in [-0.1, -0.05) is 103 Å². The van der Waals surface area contributed by atoms with Crippen LogP contribution in [0.4, 0.5) is 0 Å². The van der Waals surface area contributed by atoms with Gasteiger partial charge in [0, 0.05) is 44.2 Å². The summed E-state index contributed by atoms with van der Waals surface area (Å²) >= 11 is 0. The summed E-state index contributed by atoms with van der Waals surface area (Å²) in [5, 5.41) is 21.9. The standard InChI is InChI=1S/C52H60N4O7/c1-36-9-8-10-39(31-36)34-56(26-7-3-6-13-44(57)42-18-20-45(58)50-43(42)19-21-47(59)53-50)49(61)33-38-16-14-37(15-17-38)32-48(60)55-29-24-52(25-30-55,41-11-4-2-5-12-41)51(62)63-46-35-54-27-22-40(46)23-28-54/h2,4-5,8-12,14-21,31,40,44,46,57-58H,3,6-7,13,22-30,32-35H2,1H3,(H,53,59)/t44-,46-/m0/s1. The minimum absolute atomic E-state index is 0.0205. The molecule has 2 atom stereocenters. The Kier molecular flexibility index (Phi) is 13.7. The van der Waals surface area contributed by atoms with Crippen LogP contribution in [0.3, 0.4) is 0 Å². The zero-order chi connectivity index (χ0) is 43.9. The Morgan fingerprint density at radius 2 is 1.56 bits per heavy atom. The van der Waals surface area contributed by atoms with Crippen LogP contribution in [0, 0.1) is 12.8 Å². The number of nitrogens with zero attached hydrogens (tertiary/aromatic N) is 3. The van der Waals surface area contributed by atoms with Gasteiger partial charge in [0.15, 0.2) is 0 Å². The van der Waals surface area contributed by atoms with Crippen molar-refractivity contribution in [3.05, 3.63) is 147 Å². The fraction of sp³-hybridized carbons (Fsp3) is 0.423. The number of aliphatic hydroxyl groups excluding tert-OH is 1. The number of unbranched alkanes of at least 4 members (excludes halogenated alkanes) is 2. The van der Waals surface area contributed by atoms with E-state index in [0.29, 0.717) is 67.8 Å². The minimum atomic E-state index is -0.775. The summed E-state index contributed by atoms with van der Waals surface area (Å²) in [6.45, 7) is 7.04. The minimum Gasteiger partial charge on any atom is -0.506 e. The number of aromatic hydroxyl groups is 1. The van der Waals surface area contributed by atoms with Crippen molar-refractivity contribution in [2.75, 3.05) is 39.3 Å². The van der Waals surface area contributed by atoms with E-state index in [1.165, 1.54) is 12.1 Å². The first-order valence-electron chi connectivity index (χ1n) is 22.8. The number of hydrogen-bond donors (Lipinski definition) is 3. The van der Waals surface area contributed by atoms with Gasteiger partial charge in [-0.15, -0.1) is 0 Å². The molecule has 0 saturated carbocycles. The molecule has 2 bridgehead atoms. The van der Waals surface area contributed by atoms with Gasteiger partial charge in [-0.3, -0.25) is 24.1 Å². The molecule has 4 saturated heterocycles. The molecule has 0 unspecified atom stereocenters. The number of likely N-dealkylation sites (tertiary alicyclic amines) is 1. The summed E-state index contributed by atoms with van der Waals surface area (Å²) in [5.41, 5.74) is 4.79. The van der Waals surface area contributed by atoms with E-state index in [4.69, 9.17) is 4.74 Å². The number of H-pyrrole nitrogens is 1. The number of aromatic nitrogens is 1. The van der Waals surface area contributed by atoms with Crippen LogP contribution in [0.2, 0.25) is 0 Å². The fourth-order valence-electron chi connectivity index (χ4n) is 9.99. The molecule has 0 radical (unpaired) electrons. The fourth-order valence-corrected chi connectivity index (χ4v) is 9.99. The number of benzene rings is 4. The van der Waals surface area contributed by atoms with Gasteiger partial charge < -0.3 is 29.7 Å². The lowest BCUT2D eigenvalue weighted by molar-refractivity contribution is -0.168. The molecular weight excluding hydrogens is 793 g/mol. The zero-order valence-electron chi connectivity index (χ0n) is 36.3. The van der Waals surface area contributed by atoms with Gasteiger partial charge in [-0.25, -0.2) is 0 Å². The van der Waals surface area contributed by atoms with Crippen LogP contribution in [0.25, 0.3) is 10.9 Å². The number of nitrogens with one attached hydrogen (secondary N) is 1. The first-order valence-corrected chi connectivity index (χ1v) is 22.8. The van der Waals surface area contributed by atoms with E-state index < -0.39 is 11.5 Å². The maximum atomic E-state index is 14.1. The third-order valence-corrected chi connectivity index (χ3v) is 13.8. The Morgan fingerprint density at radius 1 is 0.825 bits per heavy atom. The summed E-state index contributed by atoms with van der Waals surface area (Å²) in [6, 6.07) is 32.1. The highest BCUT2D eigenvalue weighted by atomic mass is 16.5. The van der Waals surface area contributed by atoms with Crippen molar-refractivity contribution >= 4 is 28.7 Å². The number of rotatable bonds is 16. The van der Waals surface area contributed by atoms with Crippen molar-refractivity contribution in [3.63, 3.8) is 0 Å². The van der Waals surface area contributed by atoms with Gasteiger partial charge in [0.05, 0.1) is 29.9 Å². The van der Waals surface area contributed by atoms with E-state index >= 15 is 0 Å². The lowest BCUT2D eigenvalue weighted by atomic mass is 9.72. The molecule has 0 aliphatic carbocycles. The maximum Gasteiger partial charge on any atom is 0.317 e. The number of esters is 1. The second kappa shape index (κ2) is 19.7. The largest absolute Gasteiger partial charge is 0.506 e. The van der Waals surface area contributed by atoms with E-state index in [2.05, 4.69) is 16.0 Å². The Bertz CT molecular complexity index is 2440. The molecule has 330 valence electrons. The number of ether oxygens (including phenoxy) is 1. The maximum absolute atomic E-state index is 14.1. The molecule has 4 fully saturated rings. The van der Waals surface area contributed by atoms with Crippen molar-refractivity contribution in [2.24, 2.45) is 5.92 Å². The molecule has 4 aliphatic heterocycles. The first-order chi connectivity index (χ1) is 30.5. The lowest BCUT2D eigenvalue weighted by Crippen LogP contribution is -2.55. The molecule has 1 aromatic heterocycles. The number of aryl methyl sites for hydroxylation is 1. The van der Waals surface area contributed by atoms with Gasteiger partial charge in [0.1, 0.15) is 11.9 Å². The van der Waals surface area contributed by atoms with Gasteiger partial charge in [0.25, 0.3) is 0 Å². The van der Waals surface area contributed by atoms with Gasteiger partial charge >= 0.3 is 5.97 Å². The topological polar surface area (TPSA) is 143 Å². The number of aromatic amines is 1. The van der Waals surface area contributed by atoms with Gasteiger partial charge in [-0.05, 0) is 104 Å². The molecule has 5 heterocycles. The van der Waals surface area contributed by atoms with Crippen molar-refractivity contribution in [2.45, 2.75) is 95.3 Å². The molecule has 63 heavy (non-hydrogen) atoms. The number of carbonyl (C=O) groups is 3. The van der Waals surface area contributed by atoms with Crippen LogP contribution in [-0.2, 0) is 43.9 Å². The van der Waals surface area contributed by atoms with E-state index in [0.717, 1.165) is 79.6 Å². The summed E-state index contributed by atoms with van der Waals surface area (Å²) in [6.07, 6.45) is 5.64. The van der Waals surface area contributed by atoms with Crippen LogP contribution in [0.1, 0.15) is 90.9 Å². The molecule has 4 aliphatic rings. The van der Waals surface area contributed by atoms with Crippen LogP contribution in [0.15, 0.2) is 108 Å². The number of pyridine rings is 1. The predicted octanol–water partition coefficient (Wildman–Crippen LogP) is 7.15. The highest BCUT2D eigenvalue weighted by Gasteiger charge is 2.47. The number of carbonyl (C=O) groups excluding carboxylic acids is 3. The van der Waals surface area contributed by atoms with Crippen LogP contribution < -0.4 is 5.56 Å². The van der Waals surface area contributed by atoms with E-state index in [1.54, 1.807) is 12.1 Å². The van der Waals surface area contributed by atoms with Crippen molar-refractivity contribution in [1.29, 1.82) is 0 Å². The molecule has 3 N–H and O–H groups in total. The second-order valence-electron chi connectivity index (χ2n) is 18.0. The van der Waals surface area contributed by atoms with Crippen molar-refractivity contribution < 1.29 is 29.3 Å². The molecule has 5 aromatic rings. The lowest BCUT2D eigenvalue weighted by Gasteiger charge is -2.46. The number of fused-ring (bicyclic) bond motifs is 4.